The Kier molecular flexibility index (Phi) is 27.1. The van der Waals surface area contributed by atoms with Crippen LogP contribution in [-0.4, -0.2) is 281 Å². The highest BCUT2D eigenvalue weighted by Gasteiger charge is 2.38. The monoisotopic (exact) mass is 1290 g/mol. The molecule has 0 saturated carbocycles. The minimum absolute atomic E-state index is 0.136. The second kappa shape index (κ2) is 34.5. The minimum Gasteiger partial charge on any atom is -0.480 e. The summed E-state index contributed by atoms with van der Waals surface area (Å²) in [7, 11) is 0. The highest BCUT2D eigenvalue weighted by atomic mass is 16.4. The summed E-state index contributed by atoms with van der Waals surface area (Å²) in [6, 6.07) is 19.3. The smallest absolute Gasteiger partial charge is 0.323 e. The number of carboxylic acid groups (broad SMARTS) is 12. The summed E-state index contributed by atoms with van der Waals surface area (Å²) >= 11 is 0. The number of hydrogen-bond acceptors (Lipinski definition) is 20. The molecule has 4 aromatic carbocycles. The van der Waals surface area contributed by atoms with Crippen LogP contribution in [0.5, 0.6) is 0 Å². The number of carbonyl (C=O) groups is 12. The molecule has 0 aliphatic carbocycles. The van der Waals surface area contributed by atoms with Crippen molar-refractivity contribution in [2.75, 3.05) is 124 Å². The van der Waals surface area contributed by atoms with Crippen LogP contribution in [0.25, 0.3) is 0 Å². The van der Waals surface area contributed by atoms with Crippen LogP contribution in [0.3, 0.4) is 0 Å². The van der Waals surface area contributed by atoms with Crippen LogP contribution in [0.2, 0.25) is 0 Å². The first kappa shape index (κ1) is 72.3. The van der Waals surface area contributed by atoms with Gasteiger partial charge in [0.05, 0.1) is 26.2 Å². The van der Waals surface area contributed by atoms with Crippen LogP contribution in [0.1, 0.15) is 22.3 Å². The number of hydrogen-bond donors (Lipinski definition) is 12. The second-order valence-corrected chi connectivity index (χ2v) is 22.0. The fraction of sp³-hybridized carbons (Fsp3) is 0.400. The first-order valence-electron chi connectivity index (χ1n) is 28.3. The largest absolute Gasteiger partial charge is 0.480 e. The molecule has 32 heteroatoms. The standard InChI is InChI=1S/C60H72N8O24/c69-49(70)25-61-22-46(18-38-3-11-42(12-4-38)66(31-55(81)82)32-56(83)84)63(27-51(73)74)24-48(20-40-7-15-44(16-8-40)68(35-59(89)90)36-60(91)92)64(28-52(75)76)23-47(19-39-5-13-43(14-6-39)67(33-57(85)86)34-58(87)88)62(26-50(71)72)21-45(61)17-37-1-9-41(10-2-37)65(29-53(77)78)30-54(79)80/h1-16,45-48H,17-36H2,(H,69,70)(H,71,72)(H,73,74)(H,75,76)(H,77,78)(H,79,80)(H,81,82)(H,83,84)(H,85,86)(H,87,88)(H,89,90)(H,91,92)/t45-,46-,47-,48-/m0/s1. The lowest BCUT2D eigenvalue weighted by Crippen LogP contribution is -2.61. The van der Waals surface area contributed by atoms with Crippen molar-refractivity contribution in [3.63, 3.8) is 0 Å². The zero-order chi connectivity index (χ0) is 67.9. The van der Waals surface area contributed by atoms with Gasteiger partial charge >= 0.3 is 71.6 Å². The molecule has 1 fully saturated rings. The molecule has 0 bridgehead atoms. The Morgan fingerprint density at radius 3 is 0.511 bits per heavy atom. The molecule has 0 spiro atoms. The van der Waals surface area contributed by atoms with Gasteiger partial charge in [-0.1, -0.05) is 48.5 Å². The van der Waals surface area contributed by atoms with Gasteiger partial charge in [-0.05, 0) is 96.5 Å². The quantitative estimate of drug-likeness (QED) is 0.0283. The summed E-state index contributed by atoms with van der Waals surface area (Å²) in [5.41, 5.74) is 2.37. The van der Waals surface area contributed by atoms with Crippen molar-refractivity contribution in [2.45, 2.75) is 49.9 Å². The zero-order valence-electron chi connectivity index (χ0n) is 49.5. The minimum atomic E-state index is -1.40. The fourth-order valence-corrected chi connectivity index (χ4v) is 11.1. The zero-order valence-corrected chi connectivity index (χ0v) is 49.5. The van der Waals surface area contributed by atoms with Gasteiger partial charge in [0.2, 0.25) is 0 Å². The lowest BCUT2D eigenvalue weighted by molar-refractivity contribution is -0.144. The van der Waals surface area contributed by atoms with E-state index in [1.165, 1.54) is 117 Å². The van der Waals surface area contributed by atoms with Crippen LogP contribution < -0.4 is 19.6 Å². The van der Waals surface area contributed by atoms with E-state index in [2.05, 4.69) is 0 Å². The number of carboxylic acids is 12. The molecule has 0 radical (unpaired) electrons. The van der Waals surface area contributed by atoms with E-state index in [1.807, 2.05) is 0 Å². The van der Waals surface area contributed by atoms with E-state index in [1.54, 1.807) is 0 Å². The van der Waals surface area contributed by atoms with Crippen molar-refractivity contribution in [3.8, 4) is 0 Å². The Balaban J connectivity index is 1.82. The Bertz CT molecular complexity index is 2770. The molecule has 1 saturated heterocycles. The van der Waals surface area contributed by atoms with Gasteiger partial charge in [-0.2, -0.15) is 0 Å². The van der Waals surface area contributed by atoms with Crippen LogP contribution in [0.15, 0.2) is 97.1 Å². The normalized spacial score (nSPS) is 16.8. The highest BCUT2D eigenvalue weighted by molar-refractivity contribution is 5.82. The van der Waals surface area contributed by atoms with E-state index < -0.39 is 174 Å². The van der Waals surface area contributed by atoms with E-state index >= 15 is 0 Å². The van der Waals surface area contributed by atoms with Gasteiger partial charge in [0.1, 0.15) is 52.4 Å². The molecule has 0 aromatic heterocycles. The average Bonchev–Trinajstić information content (AvgIpc) is 0.845. The van der Waals surface area contributed by atoms with E-state index in [0.29, 0.717) is 22.3 Å². The van der Waals surface area contributed by atoms with Crippen LogP contribution in [0.4, 0.5) is 22.7 Å². The lowest BCUT2D eigenvalue weighted by Gasteiger charge is -2.45. The van der Waals surface area contributed by atoms with Gasteiger partial charge in [-0.25, -0.2) is 0 Å². The first-order chi connectivity index (χ1) is 43.4. The van der Waals surface area contributed by atoms with Gasteiger partial charge in [0.15, 0.2) is 0 Å². The molecule has 12 N–H and O–H groups in total. The Hall–Kier alpha value is -10.4. The number of anilines is 4. The predicted molar refractivity (Wildman–Crippen MR) is 323 cm³/mol. The Morgan fingerprint density at radius 2 is 0.391 bits per heavy atom. The Labute approximate surface area is 524 Å². The summed E-state index contributed by atoms with van der Waals surface area (Å²) in [4.78, 5) is 158. The van der Waals surface area contributed by atoms with Crippen molar-refractivity contribution >= 4 is 94.4 Å². The van der Waals surface area contributed by atoms with Gasteiger partial charge in [-0.15, -0.1) is 0 Å². The number of rotatable bonds is 36. The van der Waals surface area contributed by atoms with Crippen molar-refractivity contribution in [3.05, 3.63) is 119 Å². The first-order valence-corrected chi connectivity index (χ1v) is 28.3. The maximum absolute atomic E-state index is 13.3. The average molecular weight is 1290 g/mol. The summed E-state index contributed by atoms with van der Waals surface area (Å²) in [6.45, 7) is -10.3. The molecule has 92 heavy (non-hydrogen) atoms. The molecule has 5 rings (SSSR count). The van der Waals surface area contributed by atoms with E-state index in [-0.39, 0.29) is 74.6 Å². The molecule has 0 unspecified atom stereocenters. The third-order valence-electron chi connectivity index (χ3n) is 14.9. The highest BCUT2D eigenvalue weighted by Crippen LogP contribution is 2.27. The van der Waals surface area contributed by atoms with Crippen molar-refractivity contribution in [1.82, 2.24) is 19.6 Å². The molecule has 0 amide bonds. The molecule has 4 atom stereocenters. The van der Waals surface area contributed by atoms with E-state index in [0.717, 1.165) is 19.6 Å². The molecule has 1 aliphatic heterocycles. The molecule has 4 aromatic rings. The maximum atomic E-state index is 13.3. The number of nitrogens with zero attached hydrogens (tertiary/aromatic N) is 8. The van der Waals surface area contributed by atoms with Crippen LogP contribution in [0, 0.1) is 0 Å². The summed E-state index contributed by atoms with van der Waals surface area (Å²) in [5.74, 6) is -16.4. The topological polar surface area (TPSA) is 474 Å². The van der Waals surface area contributed by atoms with Gasteiger partial charge < -0.3 is 80.9 Å². The van der Waals surface area contributed by atoms with Gasteiger partial charge in [0.25, 0.3) is 0 Å². The van der Waals surface area contributed by atoms with E-state index in [4.69, 9.17) is 0 Å². The third-order valence-corrected chi connectivity index (χ3v) is 14.9. The summed E-state index contributed by atoms with van der Waals surface area (Å²) < 4.78 is 0. The molecule has 1 aliphatic rings. The molecule has 496 valence electrons. The third kappa shape index (κ3) is 24.5. The molecular formula is C60H72N8O24. The molecule has 32 nitrogen and oxygen atoms in total. The summed E-state index contributed by atoms with van der Waals surface area (Å²) in [5, 5.41) is 120. The predicted octanol–water partition coefficient (Wildman–Crippen LogP) is -0.106. The lowest BCUT2D eigenvalue weighted by atomic mass is 9.95. The van der Waals surface area contributed by atoms with Crippen molar-refractivity contribution < 1.29 is 119 Å². The van der Waals surface area contributed by atoms with Crippen molar-refractivity contribution in [2.24, 2.45) is 0 Å². The van der Waals surface area contributed by atoms with Crippen molar-refractivity contribution in [1.29, 1.82) is 0 Å². The van der Waals surface area contributed by atoms with Crippen LogP contribution >= 0.6 is 0 Å². The van der Waals surface area contributed by atoms with Crippen LogP contribution in [-0.2, 0) is 83.2 Å². The SMILES string of the molecule is O=C(O)CN(CC(=O)O)c1ccc(C[C@H]2CN(CC(=O)O)[C@@H](Cc3ccc(N(CC(=O)O)CC(=O)O)cc3)CN(CC(=O)O)[C@@H](Cc3ccc(N(CC(=O)O)CC(=O)O)cc3)CN(CC(=O)O)[C@@H](Cc3ccc(N(CC(=O)O)CC(=O)O)cc3)CN2CC(=O)O)cc1. The Morgan fingerprint density at radius 1 is 0.250 bits per heavy atom. The number of benzene rings is 4. The summed E-state index contributed by atoms with van der Waals surface area (Å²) in [6.07, 6.45) is -0.543. The van der Waals surface area contributed by atoms with E-state index in [9.17, 15) is 119 Å². The number of aliphatic carboxylic acids is 12. The van der Waals surface area contributed by atoms with Gasteiger partial charge in [-0.3, -0.25) is 77.1 Å². The molecule has 1 heterocycles. The molecular weight excluding hydrogens is 1220 g/mol. The fourth-order valence-electron chi connectivity index (χ4n) is 11.1. The second-order valence-electron chi connectivity index (χ2n) is 22.0. The maximum Gasteiger partial charge on any atom is 0.323 e. The van der Waals surface area contributed by atoms with Gasteiger partial charge in [0, 0.05) is 73.1 Å².